The normalized spacial score (nSPS) is 32.0. The molecule has 1 aromatic heterocycles. The van der Waals surface area contributed by atoms with Crippen LogP contribution >= 0.6 is 27.3 Å². The van der Waals surface area contributed by atoms with E-state index in [-0.39, 0.29) is 11.3 Å². The topological polar surface area (TPSA) is 46.1 Å². The van der Waals surface area contributed by atoms with E-state index in [1.54, 1.807) is 23.3 Å². The zero-order valence-electron chi connectivity index (χ0n) is 14.8. The van der Waals surface area contributed by atoms with Crippen LogP contribution in [0.3, 0.4) is 0 Å². The minimum atomic E-state index is -0.0421. The molecule has 4 bridgehead atoms. The summed E-state index contributed by atoms with van der Waals surface area (Å²) in [5.41, 5.74) is 0.901. The monoisotopic (exact) mass is 431 g/mol. The second-order valence-corrected chi connectivity index (χ2v) is 10.3. The first-order chi connectivity index (χ1) is 12.5. The summed E-state index contributed by atoms with van der Waals surface area (Å²) in [6, 6.07) is 7.49. The van der Waals surface area contributed by atoms with Gasteiger partial charge in [-0.25, -0.2) is 0 Å². The van der Waals surface area contributed by atoms with Crippen LogP contribution in [0.1, 0.15) is 53.9 Å². The van der Waals surface area contributed by atoms with Gasteiger partial charge < -0.3 is 0 Å². The summed E-state index contributed by atoms with van der Waals surface area (Å²) in [7, 11) is 1.80. The van der Waals surface area contributed by atoms with Gasteiger partial charge in [-0.15, -0.1) is 10.2 Å². The molecule has 4 saturated carbocycles. The van der Waals surface area contributed by atoms with Crippen molar-refractivity contribution in [3.05, 3.63) is 39.3 Å². The number of amides is 1. The van der Waals surface area contributed by atoms with E-state index < -0.39 is 0 Å². The van der Waals surface area contributed by atoms with Gasteiger partial charge in [0.15, 0.2) is 0 Å². The van der Waals surface area contributed by atoms with Gasteiger partial charge in [-0.2, -0.15) is 0 Å². The molecular formula is C20H22BrN3OS. The third-order valence-electron chi connectivity index (χ3n) is 6.57. The molecule has 4 aliphatic carbocycles. The fraction of sp³-hybridized carbons (Fsp3) is 0.550. The molecule has 6 rings (SSSR count). The summed E-state index contributed by atoms with van der Waals surface area (Å²) in [6.45, 7) is 0. The van der Waals surface area contributed by atoms with Crippen molar-refractivity contribution < 1.29 is 4.79 Å². The summed E-state index contributed by atoms with van der Waals surface area (Å²) >= 11 is 5.06. The lowest BCUT2D eigenvalue weighted by atomic mass is 9.50. The number of anilines is 1. The fourth-order valence-corrected chi connectivity index (χ4v) is 7.26. The highest BCUT2D eigenvalue weighted by Crippen LogP contribution is 2.61. The van der Waals surface area contributed by atoms with Crippen molar-refractivity contribution >= 4 is 38.3 Å². The Labute approximate surface area is 166 Å². The maximum atomic E-state index is 12.8. The lowest BCUT2D eigenvalue weighted by Gasteiger charge is -2.55. The number of nitrogens with zero attached hydrogens (tertiary/aromatic N) is 3. The lowest BCUT2D eigenvalue weighted by Crippen LogP contribution is -2.48. The quantitative estimate of drug-likeness (QED) is 0.682. The number of halogens is 1. The Kier molecular flexibility index (Phi) is 3.98. The first-order valence-corrected chi connectivity index (χ1v) is 11.0. The highest BCUT2D eigenvalue weighted by molar-refractivity contribution is 9.10. The van der Waals surface area contributed by atoms with Crippen molar-refractivity contribution in [1.29, 1.82) is 0 Å². The number of benzene rings is 1. The molecule has 0 spiro atoms. The summed E-state index contributed by atoms with van der Waals surface area (Å²) in [6.07, 6.45) is 8.09. The van der Waals surface area contributed by atoms with Crippen LogP contribution in [0.25, 0.3) is 0 Å². The molecule has 26 heavy (non-hydrogen) atoms. The van der Waals surface area contributed by atoms with Crippen LogP contribution in [0, 0.1) is 17.8 Å². The Bertz CT molecular complexity index is 829. The Morgan fingerprint density at radius 1 is 1.15 bits per heavy atom. The average molecular weight is 432 g/mol. The van der Waals surface area contributed by atoms with Crippen molar-refractivity contribution in [3.63, 3.8) is 0 Å². The number of carbonyl (C=O) groups excluding carboxylic acids is 1. The summed E-state index contributed by atoms with van der Waals surface area (Å²) < 4.78 is 0.906. The standard InChI is InChI=1S/C20H22BrN3OS/c1-24(17(25)15-3-2-4-16(21)8-15)19-23-22-18(26-19)20-9-12-5-13(10-20)7-14(6-12)11-20/h2-4,8,12-14H,5-7,9-11H2,1H3. The fourth-order valence-electron chi connectivity index (χ4n) is 5.84. The molecule has 0 N–H and O–H groups in total. The highest BCUT2D eigenvalue weighted by Gasteiger charge is 2.53. The molecule has 1 aromatic carbocycles. The van der Waals surface area contributed by atoms with Gasteiger partial charge in [0, 0.05) is 22.5 Å². The Morgan fingerprint density at radius 3 is 2.42 bits per heavy atom. The Hall–Kier alpha value is -1.27. The van der Waals surface area contributed by atoms with Gasteiger partial charge in [0.05, 0.1) is 0 Å². The lowest BCUT2D eigenvalue weighted by molar-refractivity contribution is -0.00555. The second kappa shape index (κ2) is 6.13. The average Bonchev–Trinajstić information content (AvgIpc) is 3.10. The van der Waals surface area contributed by atoms with Gasteiger partial charge in [0.1, 0.15) is 5.01 Å². The molecule has 1 heterocycles. The number of rotatable bonds is 3. The molecule has 4 nitrogen and oxygen atoms in total. The summed E-state index contributed by atoms with van der Waals surface area (Å²) in [5, 5.41) is 10.9. The first-order valence-electron chi connectivity index (χ1n) is 9.40. The Balaban J connectivity index is 1.41. The van der Waals surface area contributed by atoms with Crippen molar-refractivity contribution in [2.45, 2.75) is 43.9 Å². The summed E-state index contributed by atoms with van der Waals surface area (Å²) in [5.74, 6) is 2.61. The molecule has 6 heteroatoms. The molecule has 136 valence electrons. The molecule has 2 aromatic rings. The second-order valence-electron chi connectivity index (χ2n) is 8.46. The van der Waals surface area contributed by atoms with E-state index in [1.807, 2.05) is 24.3 Å². The van der Waals surface area contributed by atoms with Gasteiger partial charge in [-0.05, 0) is 74.5 Å². The molecule has 1 amide bonds. The SMILES string of the molecule is CN(C(=O)c1cccc(Br)c1)c1nnc(C23CC4CC(CC(C4)C2)C3)s1. The Morgan fingerprint density at radius 2 is 1.81 bits per heavy atom. The van der Waals surface area contributed by atoms with Gasteiger partial charge in [-0.3, -0.25) is 9.69 Å². The van der Waals surface area contributed by atoms with Crippen LogP contribution in [0.15, 0.2) is 28.7 Å². The predicted molar refractivity (Wildman–Crippen MR) is 107 cm³/mol. The number of aromatic nitrogens is 2. The third-order valence-corrected chi connectivity index (χ3v) is 8.31. The zero-order valence-corrected chi connectivity index (χ0v) is 17.2. The minimum Gasteiger partial charge on any atom is -0.286 e. The maximum Gasteiger partial charge on any atom is 0.259 e. The van der Waals surface area contributed by atoms with Crippen LogP contribution in [0.4, 0.5) is 5.13 Å². The van der Waals surface area contributed by atoms with E-state index in [4.69, 9.17) is 0 Å². The van der Waals surface area contributed by atoms with Crippen LogP contribution < -0.4 is 4.90 Å². The first kappa shape index (κ1) is 16.9. The summed E-state index contributed by atoms with van der Waals surface area (Å²) in [4.78, 5) is 14.4. The molecule has 0 saturated heterocycles. The van der Waals surface area contributed by atoms with E-state index in [2.05, 4.69) is 26.1 Å². The third kappa shape index (κ3) is 2.73. The molecule has 4 aliphatic rings. The van der Waals surface area contributed by atoms with E-state index in [0.717, 1.165) is 22.2 Å². The van der Waals surface area contributed by atoms with Crippen LogP contribution in [-0.2, 0) is 5.41 Å². The van der Waals surface area contributed by atoms with Crippen LogP contribution in [-0.4, -0.2) is 23.2 Å². The van der Waals surface area contributed by atoms with Gasteiger partial charge >= 0.3 is 0 Å². The van der Waals surface area contributed by atoms with Gasteiger partial charge in [-0.1, -0.05) is 33.3 Å². The molecular weight excluding hydrogens is 410 g/mol. The molecule has 4 fully saturated rings. The van der Waals surface area contributed by atoms with Crippen molar-refractivity contribution in [2.75, 3.05) is 11.9 Å². The largest absolute Gasteiger partial charge is 0.286 e. The van der Waals surface area contributed by atoms with Gasteiger partial charge in [0.25, 0.3) is 5.91 Å². The molecule has 0 radical (unpaired) electrons. The van der Waals surface area contributed by atoms with Crippen molar-refractivity contribution in [1.82, 2.24) is 10.2 Å². The smallest absolute Gasteiger partial charge is 0.259 e. The van der Waals surface area contributed by atoms with Crippen molar-refractivity contribution in [2.24, 2.45) is 17.8 Å². The molecule has 0 aliphatic heterocycles. The van der Waals surface area contributed by atoms with E-state index in [9.17, 15) is 4.79 Å². The van der Waals surface area contributed by atoms with E-state index in [1.165, 1.54) is 43.5 Å². The van der Waals surface area contributed by atoms with E-state index >= 15 is 0 Å². The van der Waals surface area contributed by atoms with Gasteiger partial charge in [0.2, 0.25) is 5.13 Å². The van der Waals surface area contributed by atoms with E-state index in [0.29, 0.717) is 10.7 Å². The molecule has 0 atom stereocenters. The van der Waals surface area contributed by atoms with Crippen LogP contribution in [0.2, 0.25) is 0 Å². The number of carbonyl (C=O) groups is 1. The maximum absolute atomic E-state index is 12.8. The molecule has 0 unspecified atom stereocenters. The number of hydrogen-bond donors (Lipinski definition) is 0. The predicted octanol–water partition coefficient (Wildman–Crippen LogP) is 5.05. The highest BCUT2D eigenvalue weighted by atomic mass is 79.9. The number of hydrogen-bond acceptors (Lipinski definition) is 4. The minimum absolute atomic E-state index is 0.0421. The zero-order chi connectivity index (χ0) is 17.9. The van der Waals surface area contributed by atoms with Crippen LogP contribution in [0.5, 0.6) is 0 Å². The van der Waals surface area contributed by atoms with Crippen molar-refractivity contribution in [3.8, 4) is 0 Å².